The van der Waals surface area contributed by atoms with Gasteiger partial charge in [-0.05, 0) is 72.8 Å². The van der Waals surface area contributed by atoms with Crippen LogP contribution in [0, 0.1) is 0 Å². The Kier molecular flexibility index (Phi) is 6.23. The van der Waals surface area contributed by atoms with Gasteiger partial charge in [-0.1, -0.05) is 12.1 Å². The summed E-state index contributed by atoms with van der Waals surface area (Å²) < 4.78 is 10.9. The number of hydrogen-bond acceptors (Lipinski definition) is 6. The second-order valence-corrected chi connectivity index (χ2v) is 8.62. The maximum Gasteiger partial charge on any atom is 0.161 e. The van der Waals surface area contributed by atoms with Gasteiger partial charge in [-0.25, -0.2) is 0 Å². The van der Waals surface area contributed by atoms with Crippen molar-refractivity contribution in [3.8, 4) is 22.6 Å². The number of pyridine rings is 1. The highest BCUT2D eigenvalue weighted by molar-refractivity contribution is 5.95. The molecule has 4 aromatic rings. The second kappa shape index (κ2) is 9.61. The van der Waals surface area contributed by atoms with Crippen LogP contribution in [0.15, 0.2) is 72.9 Å². The highest BCUT2D eigenvalue weighted by atomic mass is 16.5. The first-order valence-corrected chi connectivity index (χ1v) is 11.6. The Labute approximate surface area is 200 Å². The zero-order valence-corrected chi connectivity index (χ0v) is 19.9. The van der Waals surface area contributed by atoms with Crippen molar-refractivity contribution in [2.75, 3.05) is 57.7 Å². The van der Waals surface area contributed by atoms with Crippen LogP contribution in [-0.2, 0) is 0 Å². The minimum atomic E-state index is 0.713. The molecule has 0 amide bonds. The Morgan fingerprint density at radius 3 is 2.21 bits per heavy atom. The fourth-order valence-electron chi connectivity index (χ4n) is 4.43. The highest BCUT2D eigenvalue weighted by Crippen LogP contribution is 2.35. The molecular formula is C28H30N4O2. The summed E-state index contributed by atoms with van der Waals surface area (Å²) in [7, 11) is 5.48. The molecule has 1 fully saturated rings. The molecule has 174 valence electrons. The molecule has 5 rings (SSSR count). The summed E-state index contributed by atoms with van der Waals surface area (Å²) in [6.07, 6.45) is 1.85. The molecule has 0 atom stereocenters. The molecule has 0 spiro atoms. The van der Waals surface area contributed by atoms with E-state index in [-0.39, 0.29) is 0 Å². The Morgan fingerprint density at radius 2 is 1.47 bits per heavy atom. The lowest BCUT2D eigenvalue weighted by molar-refractivity contribution is 0.313. The van der Waals surface area contributed by atoms with E-state index in [1.165, 1.54) is 5.69 Å². The minimum absolute atomic E-state index is 0.713. The van der Waals surface area contributed by atoms with Gasteiger partial charge in [0.1, 0.15) is 0 Å². The molecule has 0 radical (unpaired) electrons. The molecule has 6 nitrogen and oxygen atoms in total. The maximum atomic E-state index is 5.49. The van der Waals surface area contributed by atoms with Crippen molar-refractivity contribution in [2.24, 2.45) is 0 Å². The topological polar surface area (TPSA) is 49.9 Å². The van der Waals surface area contributed by atoms with Crippen LogP contribution >= 0.6 is 0 Å². The van der Waals surface area contributed by atoms with Gasteiger partial charge in [-0.15, -0.1) is 0 Å². The van der Waals surface area contributed by atoms with E-state index in [0.29, 0.717) is 5.75 Å². The van der Waals surface area contributed by atoms with Gasteiger partial charge in [0, 0.05) is 54.8 Å². The van der Waals surface area contributed by atoms with Crippen LogP contribution in [0.2, 0.25) is 0 Å². The number of piperazine rings is 1. The normalized spacial score (nSPS) is 14.3. The number of methoxy groups -OCH3 is 2. The molecule has 1 aliphatic heterocycles. The Bertz CT molecular complexity index is 1280. The number of fused-ring (bicyclic) bond motifs is 1. The number of benzene rings is 3. The Hall–Kier alpha value is -3.77. The number of hydrogen-bond donors (Lipinski definition) is 1. The monoisotopic (exact) mass is 454 g/mol. The van der Waals surface area contributed by atoms with Crippen LogP contribution in [0.1, 0.15) is 0 Å². The van der Waals surface area contributed by atoms with Crippen LogP contribution in [0.25, 0.3) is 22.0 Å². The predicted molar refractivity (Wildman–Crippen MR) is 140 cm³/mol. The fraction of sp³-hybridized carbons (Fsp3) is 0.250. The maximum absolute atomic E-state index is 5.49. The number of nitrogens with one attached hydrogen (secondary N) is 1. The SMILES string of the molecule is COc1ccc(-c2ccc3nccc(Nc4ccc(N5CCN(C)CC5)cc4)c3c2)cc1OC. The lowest BCUT2D eigenvalue weighted by Crippen LogP contribution is -2.44. The molecule has 0 bridgehead atoms. The number of likely N-dealkylation sites (N-methyl/N-ethyl adjacent to an activating group) is 1. The van der Waals surface area contributed by atoms with Crippen molar-refractivity contribution >= 4 is 28.0 Å². The zero-order valence-electron chi connectivity index (χ0n) is 19.9. The molecule has 3 aromatic carbocycles. The molecule has 0 unspecified atom stereocenters. The summed E-state index contributed by atoms with van der Waals surface area (Å²) in [6.45, 7) is 4.34. The molecular weight excluding hydrogens is 424 g/mol. The summed E-state index contributed by atoms with van der Waals surface area (Å²) in [5, 5.41) is 4.66. The average Bonchev–Trinajstić information content (AvgIpc) is 2.89. The lowest BCUT2D eigenvalue weighted by atomic mass is 10.0. The van der Waals surface area contributed by atoms with Gasteiger partial charge in [-0.2, -0.15) is 0 Å². The van der Waals surface area contributed by atoms with Crippen molar-refractivity contribution in [3.63, 3.8) is 0 Å². The first kappa shape index (κ1) is 22.0. The third kappa shape index (κ3) is 4.50. The van der Waals surface area contributed by atoms with Crippen molar-refractivity contribution in [1.29, 1.82) is 0 Å². The molecule has 34 heavy (non-hydrogen) atoms. The van der Waals surface area contributed by atoms with Crippen LogP contribution in [0.5, 0.6) is 11.5 Å². The van der Waals surface area contributed by atoms with Gasteiger partial charge in [0.25, 0.3) is 0 Å². The molecule has 6 heteroatoms. The van der Waals surface area contributed by atoms with Crippen molar-refractivity contribution in [3.05, 3.63) is 72.9 Å². The lowest BCUT2D eigenvalue weighted by Gasteiger charge is -2.34. The largest absolute Gasteiger partial charge is 0.493 e. The standard InChI is InChI=1S/C28H30N4O2/c1-31-14-16-32(17-15-31)23-8-6-22(7-9-23)30-26-12-13-29-25-10-4-20(18-24(25)26)21-5-11-27(33-2)28(19-21)34-3/h4-13,18-19H,14-17H2,1-3H3,(H,29,30). The van der Waals surface area contributed by atoms with Gasteiger partial charge >= 0.3 is 0 Å². The van der Waals surface area contributed by atoms with Crippen LogP contribution in [0.3, 0.4) is 0 Å². The van der Waals surface area contributed by atoms with Gasteiger partial charge in [-0.3, -0.25) is 4.98 Å². The summed E-state index contributed by atoms with van der Waals surface area (Å²) >= 11 is 0. The van der Waals surface area contributed by atoms with Crippen molar-refractivity contribution in [2.45, 2.75) is 0 Å². The minimum Gasteiger partial charge on any atom is -0.493 e. The molecule has 1 N–H and O–H groups in total. The van der Waals surface area contributed by atoms with E-state index in [1.807, 2.05) is 30.5 Å². The van der Waals surface area contributed by atoms with Gasteiger partial charge < -0.3 is 24.6 Å². The van der Waals surface area contributed by atoms with E-state index in [2.05, 4.69) is 69.6 Å². The number of anilines is 3. The molecule has 0 aliphatic carbocycles. The fourth-order valence-corrected chi connectivity index (χ4v) is 4.43. The second-order valence-electron chi connectivity index (χ2n) is 8.62. The molecule has 2 heterocycles. The molecule has 1 aliphatic rings. The number of ether oxygens (including phenoxy) is 2. The summed E-state index contributed by atoms with van der Waals surface area (Å²) in [4.78, 5) is 9.38. The smallest absolute Gasteiger partial charge is 0.161 e. The average molecular weight is 455 g/mol. The van der Waals surface area contributed by atoms with E-state index in [0.717, 1.165) is 65.3 Å². The molecule has 1 aromatic heterocycles. The summed E-state index contributed by atoms with van der Waals surface area (Å²) in [6, 6.07) is 23.0. The van der Waals surface area contributed by atoms with E-state index in [9.17, 15) is 0 Å². The van der Waals surface area contributed by atoms with Crippen LogP contribution in [0.4, 0.5) is 17.1 Å². The number of rotatable bonds is 6. The van der Waals surface area contributed by atoms with Gasteiger partial charge in [0.05, 0.1) is 19.7 Å². The van der Waals surface area contributed by atoms with Crippen molar-refractivity contribution in [1.82, 2.24) is 9.88 Å². The van der Waals surface area contributed by atoms with E-state index in [1.54, 1.807) is 14.2 Å². The Morgan fingerprint density at radius 1 is 0.765 bits per heavy atom. The van der Waals surface area contributed by atoms with E-state index in [4.69, 9.17) is 9.47 Å². The number of nitrogens with zero attached hydrogens (tertiary/aromatic N) is 3. The summed E-state index contributed by atoms with van der Waals surface area (Å²) in [5.41, 5.74) is 6.46. The molecule has 0 saturated carbocycles. The van der Waals surface area contributed by atoms with Crippen molar-refractivity contribution < 1.29 is 9.47 Å². The summed E-state index contributed by atoms with van der Waals surface area (Å²) in [5.74, 6) is 1.43. The molecule has 1 saturated heterocycles. The third-order valence-electron chi connectivity index (χ3n) is 6.47. The zero-order chi connectivity index (χ0) is 23.5. The van der Waals surface area contributed by atoms with Gasteiger partial charge in [0.2, 0.25) is 0 Å². The first-order chi connectivity index (χ1) is 16.6. The third-order valence-corrected chi connectivity index (χ3v) is 6.47. The number of aromatic nitrogens is 1. The highest BCUT2D eigenvalue weighted by Gasteiger charge is 2.14. The van der Waals surface area contributed by atoms with Crippen LogP contribution in [-0.4, -0.2) is 57.3 Å². The first-order valence-electron chi connectivity index (χ1n) is 11.6. The van der Waals surface area contributed by atoms with Crippen LogP contribution < -0.4 is 19.7 Å². The Balaban J connectivity index is 1.42. The van der Waals surface area contributed by atoms with Gasteiger partial charge in [0.15, 0.2) is 11.5 Å². The quantitative estimate of drug-likeness (QED) is 0.420. The van der Waals surface area contributed by atoms with E-state index >= 15 is 0 Å². The van der Waals surface area contributed by atoms with E-state index < -0.39 is 0 Å². The predicted octanol–water partition coefficient (Wildman–Crippen LogP) is 5.41.